The second kappa shape index (κ2) is 10.5. The molecule has 1 aliphatic rings. The van der Waals surface area contributed by atoms with E-state index in [0.717, 1.165) is 16.5 Å². The van der Waals surface area contributed by atoms with Crippen LogP contribution in [0.5, 0.6) is 0 Å². The maximum Gasteiger partial charge on any atom is 0.0984 e. The van der Waals surface area contributed by atoms with Crippen LogP contribution in [0.2, 0.25) is 0 Å². The second-order valence-corrected chi connectivity index (χ2v) is 13.9. The normalized spacial score (nSPS) is 14.4. The molecule has 46 heavy (non-hydrogen) atoms. The summed E-state index contributed by atoms with van der Waals surface area (Å²) < 4.78 is 2.45. The highest BCUT2D eigenvalue weighted by Gasteiger charge is 2.26. The van der Waals surface area contributed by atoms with Crippen molar-refractivity contribution in [3.63, 3.8) is 0 Å². The van der Waals surface area contributed by atoms with Crippen molar-refractivity contribution in [1.29, 1.82) is 0 Å². The Kier molecular flexibility index (Phi) is 6.19. The molecule has 0 spiro atoms. The van der Waals surface area contributed by atoms with Crippen LogP contribution in [0, 0.1) is 0 Å². The van der Waals surface area contributed by atoms with E-state index in [2.05, 4.69) is 164 Å². The molecule has 7 aromatic carbocycles. The van der Waals surface area contributed by atoms with Gasteiger partial charge in [-0.2, -0.15) is 0 Å². The molecule has 0 atom stereocenters. The van der Waals surface area contributed by atoms with E-state index in [1.807, 2.05) is 11.8 Å². The molecule has 0 fully saturated rings. The molecule has 0 bridgehead atoms. The molecule has 0 amide bonds. The summed E-state index contributed by atoms with van der Waals surface area (Å²) in [5.41, 5.74) is 9.65. The highest BCUT2D eigenvalue weighted by atomic mass is 32.2. The quantitative estimate of drug-likeness (QED) is 0.194. The van der Waals surface area contributed by atoms with Gasteiger partial charge in [0.25, 0.3) is 0 Å². The predicted molar refractivity (Wildman–Crippen MR) is 200 cm³/mol. The number of aromatic nitrogens is 1. The van der Waals surface area contributed by atoms with Crippen molar-refractivity contribution in [2.45, 2.75) is 19.4 Å². The fourth-order valence-corrected chi connectivity index (χ4v) is 8.23. The van der Waals surface area contributed by atoms with Gasteiger partial charge in [0, 0.05) is 27.8 Å². The van der Waals surface area contributed by atoms with Crippen LogP contribution in [0.25, 0.3) is 71.3 Å². The van der Waals surface area contributed by atoms with Gasteiger partial charge in [-0.15, -0.1) is 11.8 Å². The van der Waals surface area contributed by atoms with Crippen molar-refractivity contribution in [3.8, 4) is 27.9 Å². The third-order valence-corrected chi connectivity index (χ3v) is 10.7. The molecule has 220 valence electrons. The Morgan fingerprint density at radius 1 is 0.543 bits per heavy atom. The number of hydrogen-bond acceptors (Lipinski definition) is 2. The number of aliphatic imine (C=N–C) groups is 1. The van der Waals surface area contributed by atoms with Crippen LogP contribution in [0.4, 0.5) is 0 Å². The molecule has 0 saturated heterocycles. The van der Waals surface area contributed by atoms with Gasteiger partial charge >= 0.3 is 0 Å². The van der Waals surface area contributed by atoms with Crippen LogP contribution >= 0.6 is 11.8 Å². The highest BCUT2D eigenvalue weighted by molar-refractivity contribution is 8.14. The number of hydrogen-bond donors (Lipinski definition) is 0. The van der Waals surface area contributed by atoms with E-state index in [1.165, 1.54) is 71.2 Å². The first kappa shape index (κ1) is 27.2. The minimum atomic E-state index is -0.0239. The lowest BCUT2D eigenvalue weighted by molar-refractivity contribution is 0.605. The summed E-state index contributed by atoms with van der Waals surface area (Å²) in [6.45, 7) is 4.43. The Balaban J connectivity index is 1.33. The van der Waals surface area contributed by atoms with E-state index in [4.69, 9.17) is 4.99 Å². The molecule has 2 nitrogen and oxygen atoms in total. The van der Waals surface area contributed by atoms with Crippen LogP contribution in [0.3, 0.4) is 0 Å². The summed E-state index contributed by atoms with van der Waals surface area (Å²) in [6.07, 6.45) is 0. The fourth-order valence-electron chi connectivity index (χ4n) is 7.07. The average molecular weight is 609 g/mol. The van der Waals surface area contributed by atoms with Gasteiger partial charge in [0.1, 0.15) is 0 Å². The smallest absolute Gasteiger partial charge is 0.0984 e. The van der Waals surface area contributed by atoms with Crippen molar-refractivity contribution in [3.05, 3.63) is 151 Å². The largest absolute Gasteiger partial charge is 0.309 e. The molecule has 3 heteroatoms. The third kappa shape index (κ3) is 4.46. The first-order valence-electron chi connectivity index (χ1n) is 15.9. The maximum absolute atomic E-state index is 5.05. The number of rotatable bonds is 4. The Labute approximate surface area is 273 Å². The minimum Gasteiger partial charge on any atom is -0.309 e. The molecular formula is C43H32N2S. The minimum absolute atomic E-state index is 0.0239. The van der Waals surface area contributed by atoms with Crippen molar-refractivity contribution in [1.82, 2.24) is 4.57 Å². The van der Waals surface area contributed by atoms with Gasteiger partial charge in [-0.05, 0) is 94.0 Å². The Morgan fingerprint density at radius 2 is 1.26 bits per heavy atom. The van der Waals surface area contributed by atoms with Crippen molar-refractivity contribution in [2.24, 2.45) is 4.99 Å². The molecule has 0 radical (unpaired) electrons. The van der Waals surface area contributed by atoms with Crippen LogP contribution in [0.1, 0.15) is 19.4 Å². The van der Waals surface area contributed by atoms with Crippen LogP contribution in [0.15, 0.2) is 151 Å². The fraction of sp³-hybridized carbons (Fsp3) is 0.0930. The van der Waals surface area contributed by atoms with Gasteiger partial charge in [0.2, 0.25) is 0 Å². The number of para-hydroxylation sites is 1. The molecule has 0 N–H and O–H groups in total. The van der Waals surface area contributed by atoms with E-state index in [-0.39, 0.29) is 5.54 Å². The van der Waals surface area contributed by atoms with Crippen molar-refractivity contribution in [2.75, 3.05) is 5.75 Å². The molecule has 0 aliphatic carbocycles. The topological polar surface area (TPSA) is 17.3 Å². The lowest BCUT2D eigenvalue weighted by atomic mass is 9.93. The first-order valence-corrected chi connectivity index (χ1v) is 16.9. The molecular weight excluding hydrogens is 577 g/mol. The Hall–Kier alpha value is -5.12. The zero-order chi connectivity index (χ0) is 30.8. The lowest BCUT2D eigenvalue weighted by Gasteiger charge is -2.13. The van der Waals surface area contributed by atoms with E-state index in [0.29, 0.717) is 0 Å². The lowest BCUT2D eigenvalue weighted by Crippen LogP contribution is -2.15. The summed E-state index contributed by atoms with van der Waals surface area (Å²) in [6, 6.07) is 53.4. The summed E-state index contributed by atoms with van der Waals surface area (Å²) in [5.74, 6) is 1.01. The van der Waals surface area contributed by atoms with Gasteiger partial charge < -0.3 is 4.57 Å². The van der Waals surface area contributed by atoms with Crippen LogP contribution in [-0.2, 0) is 0 Å². The van der Waals surface area contributed by atoms with Gasteiger partial charge in [-0.1, -0.05) is 109 Å². The van der Waals surface area contributed by atoms with Gasteiger partial charge in [0.15, 0.2) is 0 Å². The Bertz CT molecular complexity index is 2500. The SMILES string of the molecule is CC1(C)CSC(c2cccc(-c3cc4c(c5ccccc35)c3ccc(-c5ccc6ccccc6c5)cc3n4-c3ccccc3)c2)=N1. The highest BCUT2D eigenvalue weighted by Crippen LogP contribution is 2.43. The first-order chi connectivity index (χ1) is 22.5. The zero-order valence-electron chi connectivity index (χ0n) is 25.9. The number of fused-ring (bicyclic) bond motifs is 6. The van der Waals surface area contributed by atoms with Crippen molar-refractivity contribution >= 4 is 60.2 Å². The van der Waals surface area contributed by atoms with Crippen LogP contribution < -0.4 is 0 Å². The van der Waals surface area contributed by atoms with Crippen molar-refractivity contribution < 1.29 is 0 Å². The number of benzene rings is 7. The average Bonchev–Trinajstić information content (AvgIpc) is 3.64. The molecule has 0 unspecified atom stereocenters. The molecule has 9 rings (SSSR count). The van der Waals surface area contributed by atoms with Crippen LogP contribution in [-0.4, -0.2) is 20.9 Å². The molecule has 8 aromatic rings. The number of nitrogens with zero attached hydrogens (tertiary/aromatic N) is 2. The summed E-state index contributed by atoms with van der Waals surface area (Å²) in [4.78, 5) is 5.05. The molecule has 2 heterocycles. The monoisotopic (exact) mass is 608 g/mol. The number of thioether (sulfide) groups is 1. The molecule has 1 aromatic heterocycles. The van der Waals surface area contributed by atoms with Gasteiger partial charge in [-0.3, -0.25) is 4.99 Å². The Morgan fingerprint density at radius 3 is 2.09 bits per heavy atom. The second-order valence-electron chi connectivity index (χ2n) is 12.9. The third-order valence-electron chi connectivity index (χ3n) is 9.26. The standard InChI is InChI=1S/C43H32N2S/c1-43(2)27-46-42(44-43)33-14-10-13-32(24-33)38-26-40-41(36-18-9-8-17-35(36)38)37-22-21-31(25-39(37)45(40)34-15-4-3-5-16-34)30-20-19-28-11-6-7-12-29(28)23-30/h3-26H,27H2,1-2H3. The molecule has 0 saturated carbocycles. The predicted octanol–water partition coefficient (Wildman–Crippen LogP) is 11.7. The summed E-state index contributed by atoms with van der Waals surface area (Å²) in [7, 11) is 0. The maximum atomic E-state index is 5.05. The van der Waals surface area contributed by atoms with E-state index in [9.17, 15) is 0 Å². The van der Waals surface area contributed by atoms with E-state index in [1.54, 1.807) is 0 Å². The van der Waals surface area contributed by atoms with Gasteiger partial charge in [0.05, 0.1) is 21.6 Å². The summed E-state index contributed by atoms with van der Waals surface area (Å²) >= 11 is 1.86. The van der Waals surface area contributed by atoms with E-state index >= 15 is 0 Å². The zero-order valence-corrected chi connectivity index (χ0v) is 26.7. The molecule has 1 aliphatic heterocycles. The van der Waals surface area contributed by atoms with E-state index < -0.39 is 0 Å². The summed E-state index contributed by atoms with van der Waals surface area (Å²) in [5, 5.41) is 8.74. The van der Waals surface area contributed by atoms with Gasteiger partial charge in [-0.25, -0.2) is 0 Å².